The molecule has 1 N–H and O–H groups in total. The van der Waals surface area contributed by atoms with E-state index in [1.165, 1.54) is 0 Å². The minimum absolute atomic E-state index is 0.0610. The summed E-state index contributed by atoms with van der Waals surface area (Å²) in [5.41, 5.74) is 0. The van der Waals surface area contributed by atoms with E-state index in [1.54, 1.807) is 0 Å². The second-order valence-corrected chi connectivity index (χ2v) is 6.66. The molecule has 0 bridgehead atoms. The predicted molar refractivity (Wildman–Crippen MR) is 71.3 cm³/mol. The number of amides is 2. The Kier molecular flexibility index (Phi) is 3.26. The second-order valence-electron chi connectivity index (χ2n) is 5.51. The van der Waals surface area contributed by atoms with Gasteiger partial charge in [-0.25, -0.2) is 0 Å². The fourth-order valence-corrected chi connectivity index (χ4v) is 4.26. The first kappa shape index (κ1) is 12.3. The van der Waals surface area contributed by atoms with Crippen LogP contribution < -0.4 is 5.32 Å². The molecule has 1 aliphatic carbocycles. The average molecular weight is 268 g/mol. The molecule has 2 aliphatic heterocycles. The number of hydrogen-bond acceptors (Lipinski definition) is 3. The summed E-state index contributed by atoms with van der Waals surface area (Å²) in [5.74, 6) is 2.74. The minimum atomic E-state index is -0.240. The maximum absolute atomic E-state index is 12.6. The summed E-state index contributed by atoms with van der Waals surface area (Å²) >= 11 is 1.89. The Hall–Kier alpha value is -0.710. The molecule has 0 aromatic heterocycles. The molecule has 100 valence electrons. The zero-order chi connectivity index (χ0) is 12.7. The molecule has 0 radical (unpaired) electrons. The third-order valence-corrected chi connectivity index (χ3v) is 5.38. The van der Waals surface area contributed by atoms with E-state index in [-0.39, 0.29) is 29.9 Å². The van der Waals surface area contributed by atoms with Crippen molar-refractivity contribution in [2.45, 2.75) is 50.7 Å². The molecule has 2 heterocycles. The van der Waals surface area contributed by atoms with Gasteiger partial charge in [0.1, 0.15) is 12.1 Å². The standard InChI is InChI=1S/C13H20N2O2S/c1-2-10-12(16)14-11(8-3-4-8)13(17)15(10)9-5-6-18-7-9/h8-11H,2-7H2,1H3,(H,14,16). The van der Waals surface area contributed by atoms with E-state index in [2.05, 4.69) is 5.32 Å². The van der Waals surface area contributed by atoms with Crippen LogP contribution in [0, 0.1) is 5.92 Å². The van der Waals surface area contributed by atoms with Crippen LogP contribution in [0.2, 0.25) is 0 Å². The first-order valence-electron chi connectivity index (χ1n) is 6.92. The molecule has 3 aliphatic rings. The molecule has 3 rings (SSSR count). The lowest BCUT2D eigenvalue weighted by Gasteiger charge is -2.42. The van der Waals surface area contributed by atoms with Gasteiger partial charge in [-0.05, 0) is 37.4 Å². The van der Waals surface area contributed by atoms with Crippen molar-refractivity contribution < 1.29 is 9.59 Å². The first-order valence-corrected chi connectivity index (χ1v) is 8.08. The van der Waals surface area contributed by atoms with E-state index in [1.807, 2.05) is 23.6 Å². The van der Waals surface area contributed by atoms with Crippen LogP contribution in [0.5, 0.6) is 0 Å². The van der Waals surface area contributed by atoms with Gasteiger partial charge < -0.3 is 10.2 Å². The lowest BCUT2D eigenvalue weighted by molar-refractivity contribution is -0.152. The maximum Gasteiger partial charge on any atom is 0.246 e. The molecule has 0 aromatic rings. The largest absolute Gasteiger partial charge is 0.342 e. The SMILES string of the molecule is CCC1C(=O)NC(C2CC2)C(=O)N1C1CCSC1. The zero-order valence-electron chi connectivity index (χ0n) is 10.7. The van der Waals surface area contributed by atoms with E-state index in [4.69, 9.17) is 0 Å². The van der Waals surface area contributed by atoms with E-state index < -0.39 is 0 Å². The van der Waals surface area contributed by atoms with Crippen LogP contribution in [0.1, 0.15) is 32.6 Å². The van der Waals surface area contributed by atoms with Gasteiger partial charge in [0.15, 0.2) is 0 Å². The Labute approximate surface area is 112 Å². The van der Waals surface area contributed by atoms with Crippen LogP contribution in [0.25, 0.3) is 0 Å². The second kappa shape index (κ2) is 4.76. The lowest BCUT2D eigenvalue weighted by atomic mass is 9.99. The van der Waals surface area contributed by atoms with Crippen LogP contribution in [0.4, 0.5) is 0 Å². The highest BCUT2D eigenvalue weighted by Crippen LogP contribution is 2.37. The first-order chi connectivity index (χ1) is 8.72. The normalized spacial score (nSPS) is 36.9. The third kappa shape index (κ3) is 2.02. The van der Waals surface area contributed by atoms with Gasteiger partial charge in [-0.1, -0.05) is 6.92 Å². The number of nitrogens with one attached hydrogen (secondary N) is 1. The van der Waals surface area contributed by atoms with Crippen LogP contribution in [-0.2, 0) is 9.59 Å². The van der Waals surface area contributed by atoms with Crippen molar-refractivity contribution >= 4 is 23.6 Å². The van der Waals surface area contributed by atoms with Gasteiger partial charge in [-0.2, -0.15) is 11.8 Å². The zero-order valence-corrected chi connectivity index (χ0v) is 11.5. The fourth-order valence-electron chi connectivity index (χ4n) is 3.06. The van der Waals surface area contributed by atoms with Crippen LogP contribution in [-0.4, -0.2) is 46.3 Å². The van der Waals surface area contributed by atoms with E-state index in [0.717, 1.165) is 37.2 Å². The average Bonchev–Trinajstić information content (AvgIpc) is 3.06. The summed E-state index contributed by atoms with van der Waals surface area (Å²) in [6, 6.07) is -0.193. The highest BCUT2D eigenvalue weighted by Gasteiger charge is 2.48. The summed E-state index contributed by atoms with van der Waals surface area (Å²) in [4.78, 5) is 26.7. The molecule has 1 saturated carbocycles. The Balaban J connectivity index is 1.83. The Morgan fingerprint density at radius 1 is 1.33 bits per heavy atom. The maximum atomic E-state index is 12.6. The molecule has 3 fully saturated rings. The molecule has 3 atom stereocenters. The van der Waals surface area contributed by atoms with Crippen molar-refractivity contribution in [2.75, 3.05) is 11.5 Å². The van der Waals surface area contributed by atoms with Crippen molar-refractivity contribution in [3.05, 3.63) is 0 Å². The van der Waals surface area contributed by atoms with Gasteiger partial charge >= 0.3 is 0 Å². The van der Waals surface area contributed by atoms with Crippen LogP contribution >= 0.6 is 11.8 Å². The van der Waals surface area contributed by atoms with Crippen molar-refractivity contribution in [2.24, 2.45) is 5.92 Å². The summed E-state index contributed by atoms with van der Waals surface area (Å²) in [5, 5.41) is 2.95. The third-order valence-electron chi connectivity index (χ3n) is 4.24. The monoisotopic (exact) mass is 268 g/mol. The Morgan fingerprint density at radius 3 is 2.67 bits per heavy atom. The summed E-state index contributed by atoms with van der Waals surface area (Å²) in [6.07, 6.45) is 3.93. The van der Waals surface area contributed by atoms with Gasteiger partial charge in [0.25, 0.3) is 0 Å². The molecule has 0 spiro atoms. The molecule has 3 unspecified atom stereocenters. The van der Waals surface area contributed by atoms with Gasteiger partial charge in [-0.15, -0.1) is 0 Å². The van der Waals surface area contributed by atoms with Crippen molar-refractivity contribution in [1.82, 2.24) is 10.2 Å². The van der Waals surface area contributed by atoms with Gasteiger partial charge in [0, 0.05) is 11.8 Å². The summed E-state index contributed by atoms with van der Waals surface area (Å²) in [6.45, 7) is 1.99. The number of thioether (sulfide) groups is 1. The number of hydrogen-bond donors (Lipinski definition) is 1. The number of carbonyl (C=O) groups is 2. The Bertz CT molecular complexity index is 364. The summed E-state index contributed by atoms with van der Waals surface area (Å²) in [7, 11) is 0. The highest BCUT2D eigenvalue weighted by molar-refractivity contribution is 7.99. The quantitative estimate of drug-likeness (QED) is 0.831. The van der Waals surface area contributed by atoms with Crippen molar-refractivity contribution in [3.8, 4) is 0 Å². The Morgan fingerprint density at radius 2 is 2.11 bits per heavy atom. The number of piperazine rings is 1. The highest BCUT2D eigenvalue weighted by atomic mass is 32.2. The number of nitrogens with zero attached hydrogens (tertiary/aromatic N) is 1. The number of rotatable bonds is 3. The van der Waals surface area contributed by atoms with Crippen molar-refractivity contribution in [3.63, 3.8) is 0 Å². The molecule has 0 aromatic carbocycles. The van der Waals surface area contributed by atoms with E-state index >= 15 is 0 Å². The molecule has 5 heteroatoms. The van der Waals surface area contributed by atoms with Crippen LogP contribution in [0.3, 0.4) is 0 Å². The smallest absolute Gasteiger partial charge is 0.246 e. The molecule has 2 saturated heterocycles. The van der Waals surface area contributed by atoms with Gasteiger partial charge in [0.2, 0.25) is 11.8 Å². The van der Waals surface area contributed by atoms with Crippen molar-refractivity contribution in [1.29, 1.82) is 0 Å². The topological polar surface area (TPSA) is 49.4 Å². The molecule has 2 amide bonds. The molecule has 18 heavy (non-hydrogen) atoms. The number of carbonyl (C=O) groups excluding carboxylic acids is 2. The fraction of sp³-hybridized carbons (Fsp3) is 0.846. The predicted octanol–water partition coefficient (Wildman–Crippen LogP) is 1.01. The molecular formula is C13H20N2O2S. The molecular weight excluding hydrogens is 248 g/mol. The van der Waals surface area contributed by atoms with E-state index in [9.17, 15) is 9.59 Å². The lowest BCUT2D eigenvalue weighted by Crippen LogP contribution is -2.66. The van der Waals surface area contributed by atoms with E-state index in [0.29, 0.717) is 5.92 Å². The van der Waals surface area contributed by atoms with Gasteiger partial charge in [0.05, 0.1) is 0 Å². The summed E-state index contributed by atoms with van der Waals surface area (Å²) < 4.78 is 0. The minimum Gasteiger partial charge on any atom is -0.342 e. The van der Waals surface area contributed by atoms with Gasteiger partial charge in [-0.3, -0.25) is 9.59 Å². The molecule has 4 nitrogen and oxygen atoms in total. The van der Waals surface area contributed by atoms with Crippen LogP contribution in [0.15, 0.2) is 0 Å².